The van der Waals surface area contributed by atoms with Gasteiger partial charge in [-0.15, -0.1) is 0 Å². The first-order chi connectivity index (χ1) is 7.10. The van der Waals surface area contributed by atoms with Crippen LogP contribution in [0.2, 0.25) is 0 Å². The summed E-state index contributed by atoms with van der Waals surface area (Å²) in [5.41, 5.74) is 3.94. The van der Waals surface area contributed by atoms with Crippen LogP contribution in [0.4, 0.5) is 0 Å². The molecular weight excluding hydrogens is 256 g/mol. The van der Waals surface area contributed by atoms with Crippen molar-refractivity contribution in [2.24, 2.45) is 11.8 Å². The van der Waals surface area contributed by atoms with Crippen molar-refractivity contribution in [3.8, 4) is 5.75 Å². The summed E-state index contributed by atoms with van der Waals surface area (Å²) in [5, 5.41) is 0. The topological polar surface area (TPSA) is 47.3 Å². The van der Waals surface area contributed by atoms with Gasteiger partial charge in [-0.1, -0.05) is 29.8 Å². The van der Waals surface area contributed by atoms with Crippen molar-refractivity contribution in [1.29, 1.82) is 0 Å². The molecular formula is C11H17BrN2O. The first kappa shape index (κ1) is 12.5. The van der Waals surface area contributed by atoms with E-state index in [4.69, 9.17) is 10.6 Å². The van der Waals surface area contributed by atoms with Gasteiger partial charge in [0.25, 0.3) is 0 Å². The zero-order valence-electron chi connectivity index (χ0n) is 9.25. The summed E-state index contributed by atoms with van der Waals surface area (Å²) in [6.07, 6.45) is 0. The third kappa shape index (κ3) is 2.93. The fraction of sp³-hybridized carbons (Fsp3) is 0.455. The molecule has 1 rings (SSSR count). The van der Waals surface area contributed by atoms with Crippen LogP contribution in [0.15, 0.2) is 22.7 Å². The van der Waals surface area contributed by atoms with Crippen LogP contribution in [0, 0.1) is 5.92 Å². The Hall–Kier alpha value is -0.580. The Kier molecular flexibility index (Phi) is 4.57. The summed E-state index contributed by atoms with van der Waals surface area (Å²) in [6.45, 7) is 4.24. The van der Waals surface area contributed by atoms with Crippen molar-refractivity contribution in [3.05, 3.63) is 28.2 Å². The maximum absolute atomic E-state index is 5.55. The van der Waals surface area contributed by atoms with Gasteiger partial charge >= 0.3 is 0 Å². The Morgan fingerprint density at radius 3 is 2.53 bits per heavy atom. The van der Waals surface area contributed by atoms with E-state index in [2.05, 4.69) is 35.2 Å². The Morgan fingerprint density at radius 1 is 1.40 bits per heavy atom. The minimum atomic E-state index is 0.120. The molecule has 3 N–H and O–H groups in total. The summed E-state index contributed by atoms with van der Waals surface area (Å²) >= 11 is 3.52. The molecule has 0 saturated heterocycles. The first-order valence-corrected chi connectivity index (χ1v) is 5.69. The van der Waals surface area contributed by atoms with Crippen LogP contribution in [-0.4, -0.2) is 7.11 Å². The summed E-state index contributed by atoms with van der Waals surface area (Å²) < 4.78 is 6.24. The third-order valence-corrected chi connectivity index (χ3v) is 3.11. The van der Waals surface area contributed by atoms with E-state index in [-0.39, 0.29) is 6.04 Å². The van der Waals surface area contributed by atoms with Crippen molar-refractivity contribution in [2.75, 3.05) is 7.11 Å². The normalized spacial score (nSPS) is 12.9. The van der Waals surface area contributed by atoms with Crippen LogP contribution in [0.1, 0.15) is 25.5 Å². The molecule has 4 heteroatoms. The lowest BCUT2D eigenvalue weighted by atomic mass is 9.96. The number of ether oxygens (including phenoxy) is 1. The molecule has 84 valence electrons. The van der Waals surface area contributed by atoms with Crippen molar-refractivity contribution < 1.29 is 4.74 Å². The van der Waals surface area contributed by atoms with E-state index in [0.717, 1.165) is 15.8 Å². The number of nitrogens with one attached hydrogen (secondary N) is 1. The second kappa shape index (κ2) is 5.49. The Bertz CT molecular complexity index is 328. The van der Waals surface area contributed by atoms with Gasteiger partial charge in [0.05, 0.1) is 7.11 Å². The Labute approximate surface area is 99.1 Å². The van der Waals surface area contributed by atoms with E-state index in [1.54, 1.807) is 7.11 Å². The molecule has 1 unspecified atom stereocenters. The molecule has 0 heterocycles. The highest BCUT2D eigenvalue weighted by molar-refractivity contribution is 9.10. The molecule has 0 amide bonds. The van der Waals surface area contributed by atoms with Gasteiger partial charge in [0.2, 0.25) is 0 Å². The highest BCUT2D eigenvalue weighted by Crippen LogP contribution is 2.31. The molecule has 0 fully saturated rings. The molecule has 3 nitrogen and oxygen atoms in total. The summed E-state index contributed by atoms with van der Waals surface area (Å²) in [5.74, 6) is 6.81. The van der Waals surface area contributed by atoms with Gasteiger partial charge in [-0.25, -0.2) is 0 Å². The van der Waals surface area contributed by atoms with Crippen molar-refractivity contribution in [2.45, 2.75) is 19.9 Å². The Morgan fingerprint density at radius 2 is 2.07 bits per heavy atom. The van der Waals surface area contributed by atoms with Crippen molar-refractivity contribution in [3.63, 3.8) is 0 Å². The second-order valence-electron chi connectivity index (χ2n) is 3.78. The number of methoxy groups -OCH3 is 1. The lowest BCUT2D eigenvalue weighted by Gasteiger charge is -2.22. The number of hydrogen-bond donors (Lipinski definition) is 2. The van der Waals surface area contributed by atoms with Crippen LogP contribution in [0.25, 0.3) is 0 Å². The van der Waals surface area contributed by atoms with E-state index >= 15 is 0 Å². The number of benzene rings is 1. The molecule has 0 radical (unpaired) electrons. The zero-order chi connectivity index (χ0) is 11.4. The second-order valence-corrected chi connectivity index (χ2v) is 4.63. The van der Waals surface area contributed by atoms with Gasteiger partial charge in [-0.3, -0.25) is 11.3 Å². The van der Waals surface area contributed by atoms with E-state index < -0.39 is 0 Å². The Balaban J connectivity index is 3.09. The zero-order valence-corrected chi connectivity index (χ0v) is 10.8. The van der Waals surface area contributed by atoms with Crippen LogP contribution in [0.3, 0.4) is 0 Å². The fourth-order valence-electron chi connectivity index (χ4n) is 1.53. The van der Waals surface area contributed by atoms with E-state index in [1.807, 2.05) is 18.2 Å². The molecule has 0 aliphatic rings. The largest absolute Gasteiger partial charge is 0.497 e. The molecule has 0 aliphatic heterocycles. The first-order valence-electron chi connectivity index (χ1n) is 4.89. The lowest BCUT2D eigenvalue weighted by molar-refractivity contribution is 0.402. The number of halogens is 1. The summed E-state index contributed by atoms with van der Waals surface area (Å²) in [7, 11) is 1.66. The standard InChI is InChI=1S/C11H17BrN2O/c1-7(2)11(14-13)9-6-8(15-3)4-5-10(9)12/h4-7,11,14H,13H2,1-3H3. The smallest absolute Gasteiger partial charge is 0.119 e. The molecule has 0 saturated carbocycles. The van der Waals surface area contributed by atoms with Gasteiger partial charge in [-0.05, 0) is 29.7 Å². The molecule has 1 aromatic carbocycles. The SMILES string of the molecule is COc1ccc(Br)c(C(NN)C(C)C)c1. The highest BCUT2D eigenvalue weighted by atomic mass is 79.9. The summed E-state index contributed by atoms with van der Waals surface area (Å²) in [4.78, 5) is 0. The van der Waals surface area contributed by atoms with Crippen LogP contribution in [0.5, 0.6) is 5.75 Å². The minimum absolute atomic E-state index is 0.120. The van der Waals surface area contributed by atoms with Gasteiger partial charge < -0.3 is 4.74 Å². The third-order valence-electron chi connectivity index (χ3n) is 2.38. The molecule has 0 aliphatic carbocycles. The van der Waals surface area contributed by atoms with Gasteiger partial charge in [0.15, 0.2) is 0 Å². The average Bonchev–Trinajstić information content (AvgIpc) is 2.21. The fourth-order valence-corrected chi connectivity index (χ4v) is 2.02. The number of nitrogens with two attached hydrogens (primary N) is 1. The van der Waals surface area contributed by atoms with Gasteiger partial charge in [0.1, 0.15) is 5.75 Å². The maximum Gasteiger partial charge on any atom is 0.119 e. The molecule has 0 bridgehead atoms. The van der Waals surface area contributed by atoms with Gasteiger partial charge in [0, 0.05) is 10.5 Å². The maximum atomic E-state index is 5.55. The molecule has 15 heavy (non-hydrogen) atoms. The average molecular weight is 273 g/mol. The molecule has 1 atom stereocenters. The quantitative estimate of drug-likeness (QED) is 0.655. The van der Waals surface area contributed by atoms with Crippen molar-refractivity contribution in [1.82, 2.24) is 5.43 Å². The summed E-state index contributed by atoms with van der Waals surface area (Å²) in [6, 6.07) is 6.01. The van der Waals surface area contributed by atoms with E-state index in [1.165, 1.54) is 0 Å². The van der Waals surface area contributed by atoms with Crippen LogP contribution in [-0.2, 0) is 0 Å². The number of hydrazine groups is 1. The van der Waals surface area contributed by atoms with Crippen LogP contribution < -0.4 is 16.0 Å². The molecule has 0 aromatic heterocycles. The van der Waals surface area contributed by atoms with Crippen LogP contribution >= 0.6 is 15.9 Å². The molecule has 0 spiro atoms. The van der Waals surface area contributed by atoms with Gasteiger partial charge in [-0.2, -0.15) is 0 Å². The van der Waals surface area contributed by atoms with E-state index in [9.17, 15) is 0 Å². The number of rotatable bonds is 4. The predicted octanol–water partition coefficient (Wildman–Crippen LogP) is 2.62. The van der Waals surface area contributed by atoms with Crippen molar-refractivity contribution >= 4 is 15.9 Å². The predicted molar refractivity (Wildman–Crippen MR) is 65.6 cm³/mol. The highest BCUT2D eigenvalue weighted by Gasteiger charge is 2.17. The molecule has 1 aromatic rings. The minimum Gasteiger partial charge on any atom is -0.497 e. The lowest BCUT2D eigenvalue weighted by Crippen LogP contribution is -2.31. The van der Waals surface area contributed by atoms with E-state index in [0.29, 0.717) is 5.92 Å². The number of hydrogen-bond acceptors (Lipinski definition) is 3. The monoisotopic (exact) mass is 272 g/mol.